The number of hydrogen-bond donors (Lipinski definition) is 0. The average molecular weight is 853 g/mol. The van der Waals surface area contributed by atoms with E-state index in [0.29, 0.717) is 47.7 Å². The quantitative estimate of drug-likeness (QED) is 0.0222. The van der Waals surface area contributed by atoms with Gasteiger partial charge in [-0.1, -0.05) is 100 Å². The molecule has 1 aliphatic heterocycles. The van der Waals surface area contributed by atoms with Gasteiger partial charge < -0.3 is 28.4 Å². The highest BCUT2D eigenvalue weighted by Crippen LogP contribution is 2.37. The molecule has 4 aromatic carbocycles. The number of carbonyl (C=O) groups is 2. The number of methoxy groups -OCH3 is 1. The minimum atomic E-state index is -0.487. The molecular formula is C53H60N2O8. The van der Waals surface area contributed by atoms with Gasteiger partial charge in [-0.05, 0) is 90.6 Å². The van der Waals surface area contributed by atoms with E-state index in [9.17, 15) is 9.59 Å². The van der Waals surface area contributed by atoms with Gasteiger partial charge in [0.15, 0.2) is 5.76 Å². The van der Waals surface area contributed by atoms with Crippen LogP contribution in [0.1, 0.15) is 104 Å². The van der Waals surface area contributed by atoms with Gasteiger partial charge in [-0.25, -0.2) is 9.59 Å². The van der Waals surface area contributed by atoms with Gasteiger partial charge in [0.05, 0.1) is 51.9 Å². The number of hydrogen-bond acceptors (Lipinski definition) is 10. The van der Waals surface area contributed by atoms with E-state index in [-0.39, 0.29) is 23.9 Å². The van der Waals surface area contributed by atoms with Gasteiger partial charge in [-0.2, -0.15) is 5.10 Å². The van der Waals surface area contributed by atoms with E-state index in [0.717, 1.165) is 111 Å². The maximum absolute atomic E-state index is 13.9. The third-order valence-electron chi connectivity index (χ3n) is 12.1. The van der Waals surface area contributed by atoms with Crippen LogP contribution in [0, 0.1) is 11.3 Å². The molecule has 1 atom stereocenters. The minimum Gasteiger partial charge on any atom is -0.494 e. The Kier molecular flexibility index (Phi) is 15.8. The van der Waals surface area contributed by atoms with Crippen LogP contribution in [-0.4, -0.2) is 70.6 Å². The number of ether oxygens (including phenoxy) is 6. The normalized spacial score (nSPS) is 16.2. The summed E-state index contributed by atoms with van der Waals surface area (Å²) in [4.78, 5) is 26.8. The summed E-state index contributed by atoms with van der Waals surface area (Å²) in [5, 5.41) is 9.26. The van der Waals surface area contributed by atoms with Crippen LogP contribution in [0.25, 0.3) is 11.1 Å². The SMILES string of the molecule is CCCc1ccc(C(=O)OCCc2ccc(OC(=O)C3=CC(OC)=C(OCCCCCCOCC4(CC)COC4)CC3C)c(/C=N/N=C3c4ccccc4-c4ccccc43)c2)cc1. The van der Waals surface area contributed by atoms with Crippen molar-refractivity contribution in [1.82, 2.24) is 0 Å². The van der Waals surface area contributed by atoms with Gasteiger partial charge in [0.1, 0.15) is 17.2 Å². The summed E-state index contributed by atoms with van der Waals surface area (Å²) in [5.74, 6) is 0.559. The molecule has 0 radical (unpaired) electrons. The number of nitrogens with zero attached hydrogens (tertiary/aromatic N) is 2. The lowest BCUT2D eigenvalue weighted by molar-refractivity contribution is -0.150. The Bertz CT molecular complexity index is 2290. The summed E-state index contributed by atoms with van der Waals surface area (Å²) < 4.78 is 35.0. The fraction of sp³-hybridized carbons (Fsp3) is 0.396. The lowest BCUT2D eigenvalue weighted by Crippen LogP contribution is -2.45. The summed E-state index contributed by atoms with van der Waals surface area (Å²) in [7, 11) is 1.59. The Morgan fingerprint density at radius 1 is 0.794 bits per heavy atom. The number of carbonyl (C=O) groups excluding carboxylic acids is 2. The summed E-state index contributed by atoms with van der Waals surface area (Å²) in [6.45, 7) is 10.2. The maximum Gasteiger partial charge on any atom is 0.339 e. The zero-order valence-corrected chi connectivity index (χ0v) is 37.2. The molecule has 63 heavy (non-hydrogen) atoms. The smallest absolute Gasteiger partial charge is 0.339 e. The standard InChI is InChI=1S/C53H60N2O8/c1-5-15-38-20-23-40(24-21-38)51(56)62-29-26-39-22-25-47(41(31-39)33-54-55-50-44-18-11-9-16-42(44)43-17-10-12-19-45(43)50)63-52(57)46-32-48(58-4)49(30-37(46)3)61-28-14-8-7-13-27-59-34-53(6-2)35-60-36-53/h9-12,16-25,31-33,37H,5-8,13-15,26-30,34-36H2,1-4H3/b54-33+. The molecule has 0 saturated carbocycles. The number of rotatable bonds is 22. The Labute approximate surface area is 372 Å². The Hall–Kier alpha value is -5.84. The third kappa shape index (κ3) is 11.4. The average Bonchev–Trinajstić information content (AvgIpc) is 3.60. The largest absolute Gasteiger partial charge is 0.494 e. The number of esters is 2. The van der Waals surface area contributed by atoms with E-state index in [1.54, 1.807) is 25.5 Å². The third-order valence-corrected chi connectivity index (χ3v) is 12.1. The Balaban J connectivity index is 1.01. The highest BCUT2D eigenvalue weighted by atomic mass is 16.5. The predicted octanol–water partition coefficient (Wildman–Crippen LogP) is 10.6. The second-order valence-electron chi connectivity index (χ2n) is 16.7. The molecule has 1 unspecified atom stereocenters. The van der Waals surface area contributed by atoms with Crippen LogP contribution in [0.5, 0.6) is 5.75 Å². The fourth-order valence-electron chi connectivity index (χ4n) is 8.14. The molecule has 0 spiro atoms. The van der Waals surface area contributed by atoms with Crippen molar-refractivity contribution < 1.29 is 38.0 Å². The van der Waals surface area contributed by atoms with E-state index in [4.69, 9.17) is 33.5 Å². The van der Waals surface area contributed by atoms with Crippen LogP contribution in [0.2, 0.25) is 0 Å². The first-order chi connectivity index (χ1) is 30.8. The van der Waals surface area contributed by atoms with Crippen LogP contribution >= 0.6 is 0 Å². The van der Waals surface area contributed by atoms with Gasteiger partial charge in [-0.15, -0.1) is 5.10 Å². The first-order valence-electron chi connectivity index (χ1n) is 22.5. The molecule has 0 N–H and O–H groups in total. The first kappa shape index (κ1) is 45.2. The molecular weight excluding hydrogens is 793 g/mol. The van der Waals surface area contributed by atoms with Crippen LogP contribution < -0.4 is 4.74 Å². The molecule has 0 aromatic heterocycles. The highest BCUT2D eigenvalue weighted by molar-refractivity contribution is 6.24. The predicted molar refractivity (Wildman–Crippen MR) is 246 cm³/mol. The second-order valence-corrected chi connectivity index (χ2v) is 16.7. The molecule has 1 heterocycles. The van der Waals surface area contributed by atoms with Gasteiger partial charge in [-0.3, -0.25) is 0 Å². The minimum absolute atomic E-state index is 0.168. The van der Waals surface area contributed by atoms with Crippen LogP contribution in [0.3, 0.4) is 0 Å². The zero-order chi connectivity index (χ0) is 44.0. The van der Waals surface area contributed by atoms with Crippen molar-refractivity contribution in [2.24, 2.45) is 21.5 Å². The van der Waals surface area contributed by atoms with E-state index in [1.165, 1.54) is 5.56 Å². The van der Waals surface area contributed by atoms with Gasteiger partial charge in [0, 0.05) is 47.1 Å². The molecule has 1 saturated heterocycles. The van der Waals surface area contributed by atoms with Crippen molar-refractivity contribution in [3.63, 3.8) is 0 Å². The van der Waals surface area contributed by atoms with Crippen LogP contribution in [-0.2, 0) is 41.3 Å². The van der Waals surface area contributed by atoms with Crippen molar-refractivity contribution in [3.05, 3.63) is 148 Å². The molecule has 7 rings (SSSR count). The van der Waals surface area contributed by atoms with Crippen LogP contribution in [0.4, 0.5) is 0 Å². The van der Waals surface area contributed by atoms with Crippen molar-refractivity contribution >= 4 is 23.9 Å². The molecule has 1 fully saturated rings. The highest BCUT2D eigenvalue weighted by Gasteiger charge is 2.37. The van der Waals surface area contributed by atoms with Gasteiger partial charge in [0.25, 0.3) is 0 Å². The lowest BCUT2D eigenvalue weighted by Gasteiger charge is -2.40. The van der Waals surface area contributed by atoms with Crippen LogP contribution in [0.15, 0.2) is 124 Å². The topological polar surface area (TPSA) is 114 Å². The molecule has 10 nitrogen and oxygen atoms in total. The maximum atomic E-state index is 13.9. The molecule has 0 bridgehead atoms. The first-order valence-corrected chi connectivity index (χ1v) is 22.5. The van der Waals surface area contributed by atoms with Crippen molar-refractivity contribution in [2.45, 2.75) is 78.6 Å². The summed E-state index contributed by atoms with van der Waals surface area (Å²) >= 11 is 0. The van der Waals surface area contributed by atoms with Gasteiger partial charge >= 0.3 is 11.9 Å². The molecule has 4 aromatic rings. The monoisotopic (exact) mass is 852 g/mol. The number of aryl methyl sites for hydroxylation is 1. The number of fused-ring (bicyclic) bond motifs is 3. The summed E-state index contributed by atoms with van der Waals surface area (Å²) in [6, 6.07) is 29.4. The van der Waals surface area contributed by atoms with E-state index >= 15 is 0 Å². The number of allylic oxidation sites excluding steroid dienone is 2. The van der Waals surface area contributed by atoms with E-state index in [2.05, 4.69) is 31.1 Å². The number of unbranched alkanes of at least 4 members (excludes halogenated alkanes) is 3. The molecule has 10 heteroatoms. The van der Waals surface area contributed by atoms with Crippen molar-refractivity contribution in [1.29, 1.82) is 0 Å². The van der Waals surface area contributed by atoms with Crippen molar-refractivity contribution in [3.8, 4) is 16.9 Å². The number of benzene rings is 4. The van der Waals surface area contributed by atoms with E-state index in [1.807, 2.05) is 79.7 Å². The molecule has 3 aliphatic rings. The summed E-state index contributed by atoms with van der Waals surface area (Å²) in [6.07, 6.45) is 11.4. The molecule has 2 aliphatic carbocycles. The Morgan fingerprint density at radius 3 is 2.13 bits per heavy atom. The lowest BCUT2D eigenvalue weighted by atomic mass is 9.84. The zero-order valence-electron chi connectivity index (χ0n) is 37.2. The summed E-state index contributed by atoms with van der Waals surface area (Å²) in [5.41, 5.74) is 8.84. The molecule has 0 amide bonds. The second kappa shape index (κ2) is 22.0. The fourth-order valence-corrected chi connectivity index (χ4v) is 8.14. The van der Waals surface area contributed by atoms with E-state index < -0.39 is 5.97 Å². The Morgan fingerprint density at radius 2 is 1.48 bits per heavy atom. The van der Waals surface area contributed by atoms with Gasteiger partial charge in [0.2, 0.25) is 0 Å². The molecule has 330 valence electrons. The van der Waals surface area contributed by atoms with Crippen molar-refractivity contribution in [2.75, 3.05) is 46.8 Å².